The summed E-state index contributed by atoms with van der Waals surface area (Å²) in [6, 6.07) is 11.0. The second-order valence-corrected chi connectivity index (χ2v) is 10.6. The predicted molar refractivity (Wildman–Crippen MR) is 125 cm³/mol. The number of fused-ring (bicyclic) bond motifs is 1. The lowest BCUT2D eigenvalue weighted by Gasteiger charge is -2.25. The van der Waals surface area contributed by atoms with Crippen molar-refractivity contribution in [3.05, 3.63) is 64.2 Å². The van der Waals surface area contributed by atoms with Crippen molar-refractivity contribution in [1.82, 2.24) is 0 Å². The van der Waals surface area contributed by atoms with E-state index in [1.807, 2.05) is 26.0 Å². The Morgan fingerprint density at radius 1 is 1.10 bits per heavy atom. The number of thioether (sulfide) groups is 1. The standard InChI is InChI=1S/C23H28NO5PS/c1-5-28-30(27,29-6-2)13-17-7-9-18(10-8-17)24-23(26)22-20-12-16(4)15(3)11-19(20)21(25)14-31-22/h7-12,22H,5-6,13-14H2,1-4H3,(H,24,26)/t22-/m1/s1. The van der Waals surface area contributed by atoms with Gasteiger partial charge in [0.1, 0.15) is 5.25 Å². The molecule has 2 aromatic rings. The normalized spacial score (nSPS) is 16.1. The molecule has 1 aliphatic rings. The fourth-order valence-electron chi connectivity index (χ4n) is 3.49. The third-order valence-electron chi connectivity index (χ3n) is 5.12. The van der Waals surface area contributed by atoms with Gasteiger partial charge in [0.05, 0.1) is 25.1 Å². The number of amides is 1. The van der Waals surface area contributed by atoms with E-state index >= 15 is 0 Å². The van der Waals surface area contributed by atoms with Gasteiger partial charge in [0.15, 0.2) is 5.78 Å². The summed E-state index contributed by atoms with van der Waals surface area (Å²) in [6.45, 7) is 8.14. The van der Waals surface area contributed by atoms with Crippen LogP contribution in [0.25, 0.3) is 0 Å². The van der Waals surface area contributed by atoms with Crippen LogP contribution in [0.4, 0.5) is 5.69 Å². The average Bonchev–Trinajstić information content (AvgIpc) is 2.71. The number of hydrogen-bond acceptors (Lipinski definition) is 6. The monoisotopic (exact) mass is 461 g/mol. The summed E-state index contributed by atoms with van der Waals surface area (Å²) in [4.78, 5) is 25.3. The van der Waals surface area contributed by atoms with Crippen LogP contribution in [0.2, 0.25) is 0 Å². The summed E-state index contributed by atoms with van der Waals surface area (Å²) in [6.07, 6.45) is 0.176. The summed E-state index contributed by atoms with van der Waals surface area (Å²) in [5.41, 5.74) is 4.96. The summed E-state index contributed by atoms with van der Waals surface area (Å²) in [7, 11) is -3.18. The van der Waals surface area contributed by atoms with Crippen LogP contribution in [0, 0.1) is 13.8 Å². The Balaban J connectivity index is 1.73. The van der Waals surface area contributed by atoms with Gasteiger partial charge in [0, 0.05) is 11.3 Å². The third kappa shape index (κ3) is 5.66. The molecule has 0 saturated carbocycles. The molecule has 2 aromatic carbocycles. The Morgan fingerprint density at radius 3 is 2.32 bits per heavy atom. The Labute approximate surface area is 187 Å². The van der Waals surface area contributed by atoms with Crippen LogP contribution in [0.1, 0.15) is 51.7 Å². The Bertz CT molecular complexity index is 1010. The predicted octanol–water partition coefficient (Wildman–Crippen LogP) is 5.68. The number of anilines is 1. The molecule has 0 unspecified atom stereocenters. The van der Waals surface area contributed by atoms with Crippen molar-refractivity contribution in [1.29, 1.82) is 0 Å². The molecule has 0 radical (unpaired) electrons. The SMILES string of the molecule is CCOP(=O)(Cc1ccc(NC(=O)[C@@H]2SCC(=O)c3cc(C)c(C)cc32)cc1)OCC. The molecule has 0 saturated heterocycles. The zero-order valence-electron chi connectivity index (χ0n) is 18.3. The highest BCUT2D eigenvalue weighted by atomic mass is 32.2. The average molecular weight is 462 g/mol. The third-order valence-corrected chi connectivity index (χ3v) is 8.40. The Kier molecular flexibility index (Phi) is 7.76. The lowest BCUT2D eigenvalue weighted by atomic mass is 9.94. The number of Topliss-reactive ketones (excluding diaryl/α,β-unsaturated/α-hetero) is 1. The van der Waals surface area contributed by atoms with Crippen LogP contribution in [-0.4, -0.2) is 30.7 Å². The van der Waals surface area contributed by atoms with E-state index in [0.717, 1.165) is 22.3 Å². The van der Waals surface area contributed by atoms with E-state index in [-0.39, 0.29) is 23.6 Å². The number of carbonyl (C=O) groups excluding carboxylic acids is 2. The van der Waals surface area contributed by atoms with Crippen molar-refractivity contribution in [3.63, 3.8) is 0 Å². The van der Waals surface area contributed by atoms with Crippen LogP contribution >= 0.6 is 19.4 Å². The molecule has 8 heteroatoms. The van der Waals surface area contributed by atoms with Gasteiger partial charge in [-0.3, -0.25) is 14.2 Å². The van der Waals surface area contributed by atoms with Crippen molar-refractivity contribution in [3.8, 4) is 0 Å². The van der Waals surface area contributed by atoms with E-state index in [1.54, 1.807) is 38.1 Å². The van der Waals surface area contributed by atoms with Gasteiger partial charge in [-0.05, 0) is 68.1 Å². The lowest BCUT2D eigenvalue weighted by molar-refractivity contribution is -0.115. The second kappa shape index (κ2) is 10.1. The molecule has 0 aliphatic carbocycles. The van der Waals surface area contributed by atoms with Gasteiger partial charge >= 0.3 is 7.60 Å². The molecular weight excluding hydrogens is 433 g/mol. The number of rotatable bonds is 8. The first-order valence-corrected chi connectivity index (χ1v) is 13.1. The molecule has 0 fully saturated rings. The van der Waals surface area contributed by atoms with Crippen LogP contribution in [0.5, 0.6) is 0 Å². The van der Waals surface area contributed by atoms with Crippen LogP contribution in [0.3, 0.4) is 0 Å². The first-order chi connectivity index (χ1) is 14.8. The molecule has 1 heterocycles. The molecule has 3 rings (SSSR count). The summed E-state index contributed by atoms with van der Waals surface area (Å²) in [5.74, 6) is 0.185. The molecule has 0 spiro atoms. The second-order valence-electron chi connectivity index (χ2n) is 7.43. The van der Waals surface area contributed by atoms with E-state index in [9.17, 15) is 14.2 Å². The summed E-state index contributed by atoms with van der Waals surface area (Å²) in [5, 5.41) is 2.50. The minimum atomic E-state index is -3.18. The van der Waals surface area contributed by atoms with E-state index in [4.69, 9.17) is 9.05 Å². The first-order valence-electron chi connectivity index (χ1n) is 10.3. The fraction of sp³-hybridized carbons (Fsp3) is 0.391. The molecule has 6 nitrogen and oxygen atoms in total. The summed E-state index contributed by atoms with van der Waals surface area (Å²) < 4.78 is 23.4. The first kappa shape index (κ1) is 23.7. The van der Waals surface area contributed by atoms with E-state index in [2.05, 4.69) is 5.32 Å². The molecule has 1 N–H and O–H groups in total. The number of ketones is 1. The minimum Gasteiger partial charge on any atom is -0.325 e. The zero-order chi connectivity index (χ0) is 22.6. The maximum absolute atomic E-state index is 13.0. The highest BCUT2D eigenvalue weighted by Gasteiger charge is 2.32. The molecule has 31 heavy (non-hydrogen) atoms. The summed E-state index contributed by atoms with van der Waals surface area (Å²) >= 11 is 1.35. The lowest BCUT2D eigenvalue weighted by Crippen LogP contribution is -2.26. The molecular formula is C23H28NO5PS. The van der Waals surface area contributed by atoms with Crippen molar-refractivity contribution < 1.29 is 23.2 Å². The van der Waals surface area contributed by atoms with E-state index in [0.29, 0.717) is 24.5 Å². The Morgan fingerprint density at radius 2 is 1.71 bits per heavy atom. The number of nitrogens with one attached hydrogen (secondary N) is 1. The number of benzene rings is 2. The van der Waals surface area contributed by atoms with Gasteiger partial charge in [-0.15, -0.1) is 11.8 Å². The Hall–Kier alpha value is -1.92. The fourth-order valence-corrected chi connectivity index (χ4v) is 6.25. The van der Waals surface area contributed by atoms with E-state index in [1.165, 1.54) is 11.8 Å². The number of aryl methyl sites for hydroxylation is 2. The molecule has 0 aromatic heterocycles. The van der Waals surface area contributed by atoms with Crippen molar-refractivity contribution in [2.75, 3.05) is 24.3 Å². The van der Waals surface area contributed by atoms with Crippen LogP contribution in [0.15, 0.2) is 36.4 Å². The smallest absolute Gasteiger partial charge is 0.325 e. The van der Waals surface area contributed by atoms with Gasteiger partial charge in [0.2, 0.25) is 5.91 Å². The molecule has 1 atom stereocenters. The zero-order valence-corrected chi connectivity index (χ0v) is 20.0. The quantitative estimate of drug-likeness (QED) is 0.510. The largest absolute Gasteiger partial charge is 0.335 e. The minimum absolute atomic E-state index is 0.0597. The van der Waals surface area contributed by atoms with Gasteiger partial charge < -0.3 is 14.4 Å². The van der Waals surface area contributed by atoms with Crippen LogP contribution in [-0.2, 0) is 24.6 Å². The van der Waals surface area contributed by atoms with Gasteiger partial charge in [0.25, 0.3) is 0 Å². The number of hydrogen-bond donors (Lipinski definition) is 1. The van der Waals surface area contributed by atoms with E-state index < -0.39 is 12.8 Å². The van der Waals surface area contributed by atoms with Gasteiger partial charge in [-0.1, -0.05) is 18.2 Å². The number of carbonyl (C=O) groups is 2. The van der Waals surface area contributed by atoms with Crippen LogP contribution < -0.4 is 5.32 Å². The maximum atomic E-state index is 13.0. The molecule has 1 aliphatic heterocycles. The highest BCUT2D eigenvalue weighted by molar-refractivity contribution is 8.01. The van der Waals surface area contributed by atoms with Gasteiger partial charge in [-0.25, -0.2) is 0 Å². The molecule has 0 bridgehead atoms. The van der Waals surface area contributed by atoms with Crippen molar-refractivity contribution in [2.24, 2.45) is 0 Å². The van der Waals surface area contributed by atoms with Gasteiger partial charge in [-0.2, -0.15) is 0 Å². The van der Waals surface area contributed by atoms with Crippen molar-refractivity contribution >= 4 is 36.7 Å². The molecule has 166 valence electrons. The van der Waals surface area contributed by atoms with Crippen molar-refractivity contribution in [2.45, 2.75) is 39.1 Å². The maximum Gasteiger partial charge on any atom is 0.335 e. The highest BCUT2D eigenvalue weighted by Crippen LogP contribution is 2.51. The topological polar surface area (TPSA) is 81.7 Å². The molecule has 1 amide bonds.